The Hall–Kier alpha value is -3.88. The van der Waals surface area contributed by atoms with Gasteiger partial charge in [0.2, 0.25) is 5.91 Å². The van der Waals surface area contributed by atoms with Gasteiger partial charge < -0.3 is 14.8 Å². The van der Waals surface area contributed by atoms with Gasteiger partial charge >= 0.3 is 5.97 Å². The van der Waals surface area contributed by atoms with Crippen LogP contribution in [0.2, 0.25) is 0 Å². The molecule has 2 N–H and O–H groups in total. The number of aromatic amines is 1. The van der Waals surface area contributed by atoms with Crippen molar-refractivity contribution >= 4 is 17.7 Å². The third kappa shape index (κ3) is 5.88. The fraction of sp³-hybridized carbons (Fsp3) is 0.333. The van der Waals surface area contributed by atoms with Gasteiger partial charge in [-0.05, 0) is 40.0 Å². The highest BCUT2D eigenvalue weighted by Gasteiger charge is 2.32. The molecule has 0 unspecified atom stereocenters. The molecule has 2 aromatic carbocycles. The molecule has 0 saturated carbocycles. The fourth-order valence-corrected chi connectivity index (χ4v) is 3.75. The molecule has 0 aliphatic rings. The van der Waals surface area contributed by atoms with Gasteiger partial charge in [-0.1, -0.05) is 62.4 Å². The lowest BCUT2D eigenvalue weighted by Gasteiger charge is -2.31. The second kappa shape index (κ2) is 10.6. The summed E-state index contributed by atoms with van der Waals surface area (Å²) in [4.78, 5) is 37.5. The monoisotopic (exact) mass is 449 g/mol. The first kappa shape index (κ1) is 23.8. The van der Waals surface area contributed by atoms with Crippen molar-refractivity contribution in [3.05, 3.63) is 54.1 Å². The van der Waals surface area contributed by atoms with Crippen molar-refractivity contribution in [1.82, 2.24) is 25.5 Å². The molecule has 0 spiro atoms. The van der Waals surface area contributed by atoms with Gasteiger partial charge in [0, 0.05) is 24.9 Å². The van der Waals surface area contributed by atoms with Crippen LogP contribution in [0.25, 0.3) is 22.5 Å². The molecule has 0 aliphatic heterocycles. The number of hydrogen-bond donors (Lipinski definition) is 2. The van der Waals surface area contributed by atoms with Gasteiger partial charge in [-0.2, -0.15) is 0 Å². The van der Waals surface area contributed by atoms with Gasteiger partial charge in [0.1, 0.15) is 11.8 Å². The molecule has 172 valence electrons. The summed E-state index contributed by atoms with van der Waals surface area (Å²) in [5.74, 6) is -1.25. The van der Waals surface area contributed by atoms with E-state index in [1.54, 1.807) is 13.8 Å². The van der Waals surface area contributed by atoms with Gasteiger partial charge in [0.15, 0.2) is 5.82 Å². The Morgan fingerprint density at radius 1 is 1.00 bits per heavy atom. The summed E-state index contributed by atoms with van der Waals surface area (Å²) < 4.78 is 0. The van der Waals surface area contributed by atoms with Crippen LogP contribution in [0.5, 0.6) is 0 Å². The SMILES string of the molecule is CC(=O)CCC(=O)N(Cc1ccc(-c2ccccc2-c2nnn[nH]2)cc1)[C@H](C(=O)O)C(C)C. The van der Waals surface area contributed by atoms with Crippen molar-refractivity contribution in [2.45, 2.75) is 46.2 Å². The second-order valence-electron chi connectivity index (χ2n) is 8.24. The van der Waals surface area contributed by atoms with Crippen LogP contribution in [0.3, 0.4) is 0 Å². The molecule has 9 heteroatoms. The number of carbonyl (C=O) groups is 3. The molecule has 0 fully saturated rings. The Kier molecular flexibility index (Phi) is 7.66. The smallest absolute Gasteiger partial charge is 0.326 e. The maximum absolute atomic E-state index is 12.9. The maximum atomic E-state index is 12.9. The van der Waals surface area contributed by atoms with E-state index in [1.165, 1.54) is 11.8 Å². The number of aliphatic carboxylic acids is 1. The summed E-state index contributed by atoms with van der Waals surface area (Å²) in [7, 11) is 0. The van der Waals surface area contributed by atoms with Crippen molar-refractivity contribution in [3.63, 3.8) is 0 Å². The van der Waals surface area contributed by atoms with Gasteiger partial charge in [-0.3, -0.25) is 4.79 Å². The molecule has 0 bridgehead atoms. The highest BCUT2D eigenvalue weighted by Crippen LogP contribution is 2.30. The predicted octanol–water partition coefficient (Wildman–Crippen LogP) is 3.34. The highest BCUT2D eigenvalue weighted by molar-refractivity contribution is 5.87. The van der Waals surface area contributed by atoms with Crippen LogP contribution in [0.15, 0.2) is 48.5 Å². The molecule has 0 saturated heterocycles. The van der Waals surface area contributed by atoms with Crippen LogP contribution in [0.4, 0.5) is 0 Å². The average molecular weight is 450 g/mol. The van der Waals surface area contributed by atoms with Gasteiger partial charge in [-0.15, -0.1) is 5.10 Å². The number of nitrogens with one attached hydrogen (secondary N) is 1. The third-order valence-electron chi connectivity index (χ3n) is 5.38. The number of tetrazole rings is 1. The predicted molar refractivity (Wildman–Crippen MR) is 122 cm³/mol. The summed E-state index contributed by atoms with van der Waals surface area (Å²) in [5.41, 5.74) is 3.50. The van der Waals surface area contributed by atoms with E-state index < -0.39 is 12.0 Å². The first-order valence-electron chi connectivity index (χ1n) is 10.7. The summed E-state index contributed by atoms with van der Waals surface area (Å²) in [5, 5.41) is 23.8. The number of amides is 1. The number of rotatable bonds is 10. The normalized spacial score (nSPS) is 11.9. The number of ketones is 1. The standard InChI is InChI=1S/C24H27N5O4/c1-15(2)22(24(32)33)29(21(31)13-8-16(3)30)14-17-9-11-18(12-10-17)19-6-4-5-7-20(19)23-25-27-28-26-23/h4-7,9-12,15,22H,8,13-14H2,1-3H3,(H,32,33)(H,25,26,27,28)/t22-/m0/s1. The molecular formula is C24H27N5O4. The van der Waals surface area contributed by atoms with Crippen molar-refractivity contribution in [2.24, 2.45) is 5.92 Å². The van der Waals surface area contributed by atoms with E-state index in [-0.39, 0.29) is 37.0 Å². The largest absolute Gasteiger partial charge is 0.480 e. The van der Waals surface area contributed by atoms with Crippen LogP contribution in [0, 0.1) is 5.92 Å². The van der Waals surface area contributed by atoms with E-state index in [0.29, 0.717) is 5.82 Å². The van der Waals surface area contributed by atoms with Gasteiger partial charge in [-0.25, -0.2) is 9.89 Å². The summed E-state index contributed by atoms with van der Waals surface area (Å²) >= 11 is 0. The van der Waals surface area contributed by atoms with E-state index in [2.05, 4.69) is 20.6 Å². The third-order valence-corrected chi connectivity index (χ3v) is 5.38. The zero-order chi connectivity index (χ0) is 24.0. The Labute approximate surface area is 191 Å². The number of carbonyl (C=O) groups excluding carboxylic acids is 2. The van der Waals surface area contributed by atoms with Gasteiger partial charge in [0.25, 0.3) is 0 Å². The van der Waals surface area contributed by atoms with Crippen LogP contribution in [-0.4, -0.2) is 54.3 Å². The second-order valence-corrected chi connectivity index (χ2v) is 8.24. The molecule has 1 aromatic heterocycles. The summed E-state index contributed by atoms with van der Waals surface area (Å²) in [6, 6.07) is 14.3. The molecular weight excluding hydrogens is 422 g/mol. The molecule has 3 aromatic rings. The highest BCUT2D eigenvalue weighted by atomic mass is 16.4. The Balaban J connectivity index is 1.87. The van der Waals surface area contributed by atoms with Crippen molar-refractivity contribution < 1.29 is 19.5 Å². The minimum absolute atomic E-state index is 0.0114. The molecule has 0 radical (unpaired) electrons. The number of hydrogen-bond acceptors (Lipinski definition) is 6. The van der Waals surface area contributed by atoms with Crippen molar-refractivity contribution in [3.8, 4) is 22.5 Å². The maximum Gasteiger partial charge on any atom is 0.326 e. The quantitative estimate of drug-likeness (QED) is 0.485. The molecule has 1 atom stereocenters. The Morgan fingerprint density at radius 3 is 2.21 bits per heavy atom. The number of benzene rings is 2. The van der Waals surface area contributed by atoms with Crippen LogP contribution in [0.1, 0.15) is 39.2 Å². The van der Waals surface area contributed by atoms with E-state index in [0.717, 1.165) is 22.3 Å². The minimum Gasteiger partial charge on any atom is -0.480 e. The molecule has 33 heavy (non-hydrogen) atoms. The molecule has 9 nitrogen and oxygen atoms in total. The zero-order valence-corrected chi connectivity index (χ0v) is 18.9. The first-order valence-corrected chi connectivity index (χ1v) is 10.7. The lowest BCUT2D eigenvalue weighted by atomic mass is 9.97. The number of H-pyrrole nitrogens is 1. The lowest BCUT2D eigenvalue weighted by molar-refractivity contribution is -0.153. The van der Waals surface area contributed by atoms with Crippen LogP contribution >= 0.6 is 0 Å². The van der Waals surface area contributed by atoms with Crippen LogP contribution in [-0.2, 0) is 20.9 Å². The minimum atomic E-state index is -1.06. The van der Waals surface area contributed by atoms with Gasteiger partial charge in [0.05, 0.1) is 0 Å². The van der Waals surface area contributed by atoms with Crippen molar-refractivity contribution in [2.75, 3.05) is 0 Å². The molecule has 0 aliphatic carbocycles. The summed E-state index contributed by atoms with van der Waals surface area (Å²) in [6.07, 6.45) is 0.0779. The number of aromatic nitrogens is 4. The summed E-state index contributed by atoms with van der Waals surface area (Å²) in [6.45, 7) is 5.09. The zero-order valence-electron chi connectivity index (χ0n) is 18.9. The van der Waals surface area contributed by atoms with Crippen LogP contribution < -0.4 is 0 Å². The van der Waals surface area contributed by atoms with E-state index >= 15 is 0 Å². The Morgan fingerprint density at radius 2 is 1.67 bits per heavy atom. The first-order chi connectivity index (χ1) is 15.8. The molecule has 3 rings (SSSR count). The number of Topliss-reactive ketones (excluding diaryl/α,β-unsaturated/α-hetero) is 1. The number of nitrogens with zero attached hydrogens (tertiary/aromatic N) is 4. The molecule has 1 heterocycles. The van der Waals surface area contributed by atoms with E-state index in [9.17, 15) is 19.5 Å². The van der Waals surface area contributed by atoms with E-state index in [4.69, 9.17) is 0 Å². The Bertz CT molecular complexity index is 1110. The topological polar surface area (TPSA) is 129 Å². The number of carboxylic acid groups (broad SMARTS) is 1. The fourth-order valence-electron chi connectivity index (χ4n) is 3.75. The van der Waals surface area contributed by atoms with Crippen molar-refractivity contribution in [1.29, 1.82) is 0 Å². The average Bonchev–Trinajstić information content (AvgIpc) is 3.32. The number of carboxylic acids is 1. The molecule has 1 amide bonds. The van der Waals surface area contributed by atoms with E-state index in [1.807, 2.05) is 48.5 Å². The lowest BCUT2D eigenvalue weighted by Crippen LogP contribution is -2.47.